The molecule has 12 heavy (non-hydrogen) atoms. The molecule has 1 aliphatic carbocycles. The largest absolute Gasteiger partial charge is 0.381 e. The number of nitrogens with zero attached hydrogens (tertiary/aromatic N) is 1. The van der Waals surface area contributed by atoms with Crippen molar-refractivity contribution in [3.63, 3.8) is 0 Å². The Kier molecular flexibility index (Phi) is 2.61. The molecular weight excluding hydrogens is 152 g/mol. The Morgan fingerprint density at radius 3 is 2.58 bits per heavy atom. The molecule has 2 aliphatic rings. The molecule has 0 amide bonds. The highest BCUT2D eigenvalue weighted by molar-refractivity contribution is 5.63. The monoisotopic (exact) mass is 168 g/mol. The first-order valence-electron chi connectivity index (χ1n) is 4.81. The van der Waals surface area contributed by atoms with Gasteiger partial charge in [0.1, 0.15) is 0 Å². The minimum Gasteiger partial charge on any atom is -0.381 e. The topological polar surface area (TPSA) is 33.6 Å². The van der Waals surface area contributed by atoms with Crippen molar-refractivity contribution in [2.24, 2.45) is 11.0 Å². The lowest BCUT2D eigenvalue weighted by Gasteiger charge is -2.21. The molecule has 0 aromatic carbocycles. The number of nitrogens with one attached hydrogen (secondary N) is 1. The molecule has 3 heteroatoms. The second-order valence-corrected chi connectivity index (χ2v) is 3.63. The third-order valence-corrected chi connectivity index (χ3v) is 2.39. The number of hydrogen-bond acceptors (Lipinski definition) is 3. The molecule has 0 radical (unpaired) electrons. The van der Waals surface area contributed by atoms with Crippen LogP contribution in [-0.2, 0) is 4.74 Å². The van der Waals surface area contributed by atoms with Gasteiger partial charge in [-0.25, -0.2) is 0 Å². The summed E-state index contributed by atoms with van der Waals surface area (Å²) in [6, 6.07) is 0.550. The fraction of sp³-hybridized carbons (Fsp3) is 0.889. The zero-order valence-electron chi connectivity index (χ0n) is 7.33. The maximum Gasteiger partial charge on any atom is 0.0486 e. The molecule has 2 rings (SSSR count). The Morgan fingerprint density at radius 1 is 1.17 bits per heavy atom. The van der Waals surface area contributed by atoms with Crippen LogP contribution in [0.1, 0.15) is 25.7 Å². The van der Waals surface area contributed by atoms with E-state index in [9.17, 15) is 0 Å². The third kappa shape index (κ3) is 2.48. The van der Waals surface area contributed by atoms with E-state index in [1.54, 1.807) is 0 Å². The van der Waals surface area contributed by atoms with E-state index in [4.69, 9.17) is 4.74 Å². The summed E-state index contributed by atoms with van der Waals surface area (Å²) < 4.78 is 5.25. The van der Waals surface area contributed by atoms with Crippen LogP contribution in [0.25, 0.3) is 0 Å². The molecule has 1 aliphatic heterocycles. The van der Waals surface area contributed by atoms with Crippen LogP contribution in [0.5, 0.6) is 0 Å². The molecule has 1 heterocycles. The molecular formula is C9H16N2O. The highest BCUT2D eigenvalue weighted by Crippen LogP contribution is 2.26. The summed E-state index contributed by atoms with van der Waals surface area (Å²) in [4.78, 5) is 0. The average molecular weight is 168 g/mol. The molecule has 0 spiro atoms. The quantitative estimate of drug-likeness (QED) is 0.506. The zero-order chi connectivity index (χ0) is 8.23. The molecule has 0 unspecified atom stereocenters. The molecule has 0 bridgehead atoms. The van der Waals surface area contributed by atoms with Crippen LogP contribution in [0.2, 0.25) is 0 Å². The summed E-state index contributed by atoms with van der Waals surface area (Å²) in [5, 5.41) is 4.23. The Hall–Kier alpha value is -0.570. The Bertz CT molecular complexity index is 160. The molecule has 1 saturated carbocycles. The summed E-state index contributed by atoms with van der Waals surface area (Å²) in [6.45, 7) is 1.77. The van der Waals surface area contributed by atoms with Crippen molar-refractivity contribution >= 4 is 6.21 Å². The lowest BCUT2D eigenvalue weighted by atomic mass is 10.1. The summed E-state index contributed by atoms with van der Waals surface area (Å²) in [6.07, 6.45) is 6.91. The van der Waals surface area contributed by atoms with Crippen molar-refractivity contribution in [1.82, 2.24) is 5.43 Å². The lowest BCUT2D eigenvalue weighted by molar-refractivity contribution is 0.0784. The first-order chi connectivity index (χ1) is 5.95. The van der Waals surface area contributed by atoms with Gasteiger partial charge >= 0.3 is 0 Å². The maximum absolute atomic E-state index is 5.25. The molecule has 2 fully saturated rings. The van der Waals surface area contributed by atoms with Gasteiger partial charge < -0.3 is 10.2 Å². The van der Waals surface area contributed by atoms with Gasteiger partial charge in [-0.1, -0.05) is 0 Å². The molecule has 0 aromatic rings. The summed E-state index contributed by atoms with van der Waals surface area (Å²) in [7, 11) is 0. The van der Waals surface area contributed by atoms with Crippen LogP contribution in [0.4, 0.5) is 0 Å². The molecule has 0 atom stereocenters. The van der Waals surface area contributed by atoms with Gasteiger partial charge in [-0.3, -0.25) is 0 Å². The van der Waals surface area contributed by atoms with Crippen molar-refractivity contribution in [3.05, 3.63) is 0 Å². The minimum absolute atomic E-state index is 0.550. The van der Waals surface area contributed by atoms with Gasteiger partial charge in [0.25, 0.3) is 0 Å². The minimum atomic E-state index is 0.550. The maximum atomic E-state index is 5.25. The molecule has 3 nitrogen and oxygen atoms in total. The summed E-state index contributed by atoms with van der Waals surface area (Å²) in [5.74, 6) is 0.775. The molecule has 1 N–H and O–H groups in total. The van der Waals surface area contributed by atoms with E-state index in [0.717, 1.165) is 32.0 Å². The first-order valence-corrected chi connectivity index (χ1v) is 4.81. The van der Waals surface area contributed by atoms with E-state index in [1.807, 2.05) is 0 Å². The first kappa shape index (κ1) is 8.05. The van der Waals surface area contributed by atoms with Crippen molar-refractivity contribution in [1.29, 1.82) is 0 Å². The third-order valence-electron chi connectivity index (χ3n) is 2.39. The number of hydrogen-bond donors (Lipinski definition) is 1. The Balaban J connectivity index is 1.63. The second-order valence-electron chi connectivity index (χ2n) is 3.63. The van der Waals surface area contributed by atoms with E-state index in [0.29, 0.717) is 6.04 Å². The zero-order valence-corrected chi connectivity index (χ0v) is 7.33. The van der Waals surface area contributed by atoms with Crippen LogP contribution in [0, 0.1) is 5.92 Å². The lowest BCUT2D eigenvalue weighted by Crippen LogP contribution is -2.31. The van der Waals surface area contributed by atoms with E-state index >= 15 is 0 Å². The van der Waals surface area contributed by atoms with Crippen LogP contribution in [0.15, 0.2) is 5.10 Å². The summed E-state index contributed by atoms with van der Waals surface area (Å²) >= 11 is 0. The van der Waals surface area contributed by atoms with Crippen LogP contribution < -0.4 is 5.43 Å². The van der Waals surface area contributed by atoms with Gasteiger partial charge in [0, 0.05) is 25.5 Å². The number of hydrazone groups is 1. The van der Waals surface area contributed by atoms with Crippen LogP contribution >= 0.6 is 0 Å². The van der Waals surface area contributed by atoms with Gasteiger partial charge in [-0.05, 0) is 31.6 Å². The highest BCUT2D eigenvalue weighted by atomic mass is 16.5. The SMILES string of the molecule is C(=N\NC1CCOCC1)/C1CC1. The average Bonchev–Trinajstić information content (AvgIpc) is 2.90. The van der Waals surface area contributed by atoms with Crippen LogP contribution in [-0.4, -0.2) is 25.5 Å². The molecule has 68 valence electrons. The van der Waals surface area contributed by atoms with Crippen molar-refractivity contribution in [2.45, 2.75) is 31.7 Å². The fourth-order valence-electron chi connectivity index (χ4n) is 1.33. The van der Waals surface area contributed by atoms with Crippen LogP contribution in [0.3, 0.4) is 0 Å². The molecule has 0 aromatic heterocycles. The summed E-state index contributed by atoms with van der Waals surface area (Å²) in [5.41, 5.74) is 3.18. The Labute approximate surface area is 73.2 Å². The van der Waals surface area contributed by atoms with Gasteiger partial charge in [0.15, 0.2) is 0 Å². The standard InChI is InChI=1S/C9H16N2O/c1-2-8(1)7-10-11-9-3-5-12-6-4-9/h7-9,11H,1-6H2/b10-7+. The number of ether oxygens (including phenoxy) is 1. The van der Waals surface area contributed by atoms with Crippen molar-refractivity contribution in [3.8, 4) is 0 Å². The predicted octanol–water partition coefficient (Wildman–Crippen LogP) is 1.15. The van der Waals surface area contributed by atoms with E-state index in [-0.39, 0.29) is 0 Å². The van der Waals surface area contributed by atoms with Crippen molar-refractivity contribution in [2.75, 3.05) is 13.2 Å². The smallest absolute Gasteiger partial charge is 0.0486 e. The van der Waals surface area contributed by atoms with Gasteiger partial charge in [-0.2, -0.15) is 5.10 Å². The van der Waals surface area contributed by atoms with Gasteiger partial charge in [-0.15, -0.1) is 0 Å². The fourth-order valence-corrected chi connectivity index (χ4v) is 1.33. The Morgan fingerprint density at radius 2 is 1.92 bits per heavy atom. The van der Waals surface area contributed by atoms with Gasteiger partial charge in [0.2, 0.25) is 0 Å². The van der Waals surface area contributed by atoms with Crippen molar-refractivity contribution < 1.29 is 4.74 Å². The highest BCUT2D eigenvalue weighted by Gasteiger charge is 2.18. The van der Waals surface area contributed by atoms with Gasteiger partial charge in [0.05, 0.1) is 0 Å². The normalized spacial score (nSPS) is 26.3. The number of rotatable bonds is 3. The van der Waals surface area contributed by atoms with E-state index < -0.39 is 0 Å². The second kappa shape index (κ2) is 3.90. The van der Waals surface area contributed by atoms with E-state index in [1.165, 1.54) is 12.8 Å². The van der Waals surface area contributed by atoms with E-state index in [2.05, 4.69) is 16.7 Å². The predicted molar refractivity (Wildman–Crippen MR) is 48.2 cm³/mol. The molecule has 1 saturated heterocycles.